The third-order valence-corrected chi connectivity index (χ3v) is 3.76. The first-order valence-corrected chi connectivity index (χ1v) is 7.84. The van der Waals surface area contributed by atoms with Crippen LogP contribution in [0.1, 0.15) is 37.0 Å². The topological polar surface area (TPSA) is 62.2 Å². The molecular weight excluding hydrogens is 276 g/mol. The van der Waals surface area contributed by atoms with Crippen LogP contribution >= 0.6 is 0 Å². The van der Waals surface area contributed by atoms with Crippen molar-refractivity contribution in [2.45, 2.75) is 26.7 Å². The number of fused-ring (bicyclic) bond motifs is 1. The molecule has 118 valence electrons. The second kappa shape index (κ2) is 7.90. The number of nitrogens with one attached hydrogen (secondary N) is 1. The number of rotatable bonds is 7. The zero-order chi connectivity index (χ0) is 15.9. The lowest BCUT2D eigenvalue weighted by molar-refractivity contribution is 0.0941. The van der Waals surface area contributed by atoms with Crippen LogP contribution in [0.25, 0.3) is 10.9 Å². The summed E-state index contributed by atoms with van der Waals surface area (Å²) in [6, 6.07) is 9.34. The minimum atomic E-state index is -0.0718. The highest BCUT2D eigenvalue weighted by atomic mass is 16.3. The summed E-state index contributed by atoms with van der Waals surface area (Å²) < 4.78 is 0. The number of aromatic nitrogens is 1. The van der Waals surface area contributed by atoms with Crippen molar-refractivity contribution in [3.05, 3.63) is 42.1 Å². The number of benzene rings is 1. The van der Waals surface area contributed by atoms with E-state index in [0.29, 0.717) is 23.9 Å². The van der Waals surface area contributed by atoms with Crippen molar-refractivity contribution in [2.75, 3.05) is 13.2 Å². The number of amides is 1. The van der Waals surface area contributed by atoms with E-state index in [1.807, 2.05) is 24.3 Å². The number of hydrogen-bond acceptors (Lipinski definition) is 3. The molecule has 1 amide bonds. The minimum absolute atomic E-state index is 0.0718. The molecule has 1 heterocycles. The first kappa shape index (κ1) is 16.4. The van der Waals surface area contributed by atoms with E-state index in [0.717, 1.165) is 23.7 Å². The van der Waals surface area contributed by atoms with Gasteiger partial charge < -0.3 is 10.4 Å². The van der Waals surface area contributed by atoms with Gasteiger partial charge in [-0.05, 0) is 48.9 Å². The van der Waals surface area contributed by atoms with E-state index in [9.17, 15) is 4.79 Å². The van der Waals surface area contributed by atoms with Crippen molar-refractivity contribution in [3.63, 3.8) is 0 Å². The molecule has 4 heteroatoms. The first-order chi connectivity index (χ1) is 10.6. The molecule has 2 rings (SSSR count). The van der Waals surface area contributed by atoms with E-state index in [4.69, 9.17) is 5.11 Å². The van der Waals surface area contributed by atoms with Crippen LogP contribution < -0.4 is 5.32 Å². The van der Waals surface area contributed by atoms with Gasteiger partial charge in [-0.1, -0.05) is 19.9 Å². The van der Waals surface area contributed by atoms with Crippen LogP contribution in [0.5, 0.6) is 0 Å². The number of hydrogen-bond donors (Lipinski definition) is 2. The molecule has 0 spiro atoms. The molecule has 0 bridgehead atoms. The summed E-state index contributed by atoms with van der Waals surface area (Å²) in [7, 11) is 0. The second-order valence-electron chi connectivity index (χ2n) is 6.13. The van der Waals surface area contributed by atoms with E-state index in [1.54, 1.807) is 12.3 Å². The summed E-state index contributed by atoms with van der Waals surface area (Å²) in [4.78, 5) is 16.5. The van der Waals surface area contributed by atoms with E-state index < -0.39 is 0 Å². The Hall–Kier alpha value is -1.94. The summed E-state index contributed by atoms with van der Waals surface area (Å²) in [6.45, 7) is 5.07. The molecule has 1 aromatic carbocycles. The summed E-state index contributed by atoms with van der Waals surface area (Å²) in [5, 5.41) is 13.1. The molecule has 22 heavy (non-hydrogen) atoms. The average molecular weight is 300 g/mol. The lowest BCUT2D eigenvalue weighted by atomic mass is 9.94. The van der Waals surface area contributed by atoms with Crippen LogP contribution in [0.4, 0.5) is 0 Å². The molecule has 0 saturated carbocycles. The Labute approximate surface area is 131 Å². The largest absolute Gasteiger partial charge is 0.396 e. The van der Waals surface area contributed by atoms with Crippen molar-refractivity contribution in [1.82, 2.24) is 10.3 Å². The molecule has 0 saturated heterocycles. The summed E-state index contributed by atoms with van der Waals surface area (Å²) >= 11 is 0. The van der Waals surface area contributed by atoms with Gasteiger partial charge in [-0.25, -0.2) is 0 Å². The fourth-order valence-electron chi connectivity index (χ4n) is 2.71. The molecule has 1 atom stereocenters. The Morgan fingerprint density at radius 2 is 2.14 bits per heavy atom. The van der Waals surface area contributed by atoms with Crippen LogP contribution in [0, 0.1) is 11.8 Å². The van der Waals surface area contributed by atoms with Gasteiger partial charge in [0.25, 0.3) is 5.91 Å². The Morgan fingerprint density at radius 1 is 1.32 bits per heavy atom. The van der Waals surface area contributed by atoms with Crippen LogP contribution in [-0.4, -0.2) is 29.1 Å². The van der Waals surface area contributed by atoms with Crippen molar-refractivity contribution in [3.8, 4) is 0 Å². The van der Waals surface area contributed by atoms with Crippen LogP contribution in [0.3, 0.4) is 0 Å². The maximum Gasteiger partial charge on any atom is 0.251 e. The SMILES string of the molecule is CC(C)CC(CCO)CNC(=O)c1ccc2ncccc2c1. The Morgan fingerprint density at radius 3 is 2.86 bits per heavy atom. The van der Waals surface area contributed by atoms with Gasteiger partial charge in [-0.15, -0.1) is 0 Å². The lowest BCUT2D eigenvalue weighted by Gasteiger charge is -2.18. The maximum absolute atomic E-state index is 12.3. The van der Waals surface area contributed by atoms with Gasteiger partial charge in [0.15, 0.2) is 0 Å². The van der Waals surface area contributed by atoms with Crippen LogP contribution in [0.15, 0.2) is 36.5 Å². The lowest BCUT2D eigenvalue weighted by Crippen LogP contribution is -2.30. The molecule has 1 aromatic heterocycles. The zero-order valence-corrected chi connectivity index (χ0v) is 13.2. The maximum atomic E-state index is 12.3. The monoisotopic (exact) mass is 300 g/mol. The Bertz CT molecular complexity index is 625. The van der Waals surface area contributed by atoms with Gasteiger partial charge in [0, 0.05) is 30.3 Å². The molecule has 2 aromatic rings. The van der Waals surface area contributed by atoms with Gasteiger partial charge in [0.1, 0.15) is 0 Å². The van der Waals surface area contributed by atoms with Crippen molar-refractivity contribution < 1.29 is 9.90 Å². The summed E-state index contributed by atoms with van der Waals surface area (Å²) in [5.41, 5.74) is 1.53. The number of nitrogens with zero attached hydrogens (tertiary/aromatic N) is 1. The summed E-state index contributed by atoms with van der Waals surface area (Å²) in [6.07, 6.45) is 3.47. The number of pyridine rings is 1. The Kier molecular flexibility index (Phi) is 5.90. The summed E-state index contributed by atoms with van der Waals surface area (Å²) in [5.74, 6) is 0.800. The standard InChI is InChI=1S/C18H24N2O2/c1-13(2)10-14(7-9-21)12-20-18(22)16-5-6-17-15(11-16)4-3-8-19-17/h3-6,8,11,13-14,21H,7,9-10,12H2,1-2H3,(H,20,22). The van der Waals surface area contributed by atoms with E-state index in [1.165, 1.54) is 0 Å². The molecule has 4 nitrogen and oxygen atoms in total. The molecule has 1 unspecified atom stereocenters. The molecule has 0 aliphatic carbocycles. The normalized spacial score (nSPS) is 12.5. The van der Waals surface area contributed by atoms with E-state index in [2.05, 4.69) is 24.1 Å². The number of carbonyl (C=O) groups is 1. The van der Waals surface area contributed by atoms with Crippen LogP contribution in [-0.2, 0) is 0 Å². The highest BCUT2D eigenvalue weighted by molar-refractivity contribution is 5.97. The fraction of sp³-hybridized carbons (Fsp3) is 0.444. The number of aliphatic hydroxyl groups is 1. The minimum Gasteiger partial charge on any atom is -0.396 e. The van der Waals surface area contributed by atoms with E-state index in [-0.39, 0.29) is 12.5 Å². The molecule has 0 aliphatic heterocycles. The zero-order valence-electron chi connectivity index (χ0n) is 13.2. The molecule has 2 N–H and O–H groups in total. The molecular formula is C18H24N2O2. The average Bonchev–Trinajstić information content (AvgIpc) is 2.51. The quantitative estimate of drug-likeness (QED) is 0.826. The van der Waals surface area contributed by atoms with Crippen LogP contribution in [0.2, 0.25) is 0 Å². The Balaban J connectivity index is 2.00. The van der Waals surface area contributed by atoms with Crippen molar-refractivity contribution >= 4 is 16.8 Å². The predicted octanol–water partition coefficient (Wildman–Crippen LogP) is 3.01. The number of aliphatic hydroxyl groups excluding tert-OH is 1. The molecule has 0 radical (unpaired) electrons. The highest BCUT2D eigenvalue weighted by Crippen LogP contribution is 2.16. The van der Waals surface area contributed by atoms with Gasteiger partial charge in [0.05, 0.1) is 5.52 Å². The third kappa shape index (κ3) is 4.53. The third-order valence-electron chi connectivity index (χ3n) is 3.76. The smallest absolute Gasteiger partial charge is 0.251 e. The molecule has 0 fully saturated rings. The van der Waals surface area contributed by atoms with Gasteiger partial charge >= 0.3 is 0 Å². The molecule has 0 aliphatic rings. The fourth-order valence-corrected chi connectivity index (χ4v) is 2.71. The van der Waals surface area contributed by atoms with Gasteiger partial charge in [-0.2, -0.15) is 0 Å². The number of carbonyl (C=O) groups excluding carboxylic acids is 1. The van der Waals surface area contributed by atoms with E-state index >= 15 is 0 Å². The van der Waals surface area contributed by atoms with Crippen molar-refractivity contribution in [1.29, 1.82) is 0 Å². The first-order valence-electron chi connectivity index (χ1n) is 7.84. The highest BCUT2D eigenvalue weighted by Gasteiger charge is 2.13. The second-order valence-corrected chi connectivity index (χ2v) is 6.13. The van der Waals surface area contributed by atoms with Gasteiger partial charge in [0.2, 0.25) is 0 Å². The van der Waals surface area contributed by atoms with Crippen molar-refractivity contribution in [2.24, 2.45) is 11.8 Å². The van der Waals surface area contributed by atoms with Gasteiger partial charge in [-0.3, -0.25) is 9.78 Å². The predicted molar refractivity (Wildman–Crippen MR) is 88.7 cm³/mol.